The monoisotopic (exact) mass is 478 g/mol. The molecule has 0 aromatic heterocycles. The molecule has 0 bridgehead atoms. The molecule has 178 valence electrons. The molecule has 0 radical (unpaired) electrons. The fourth-order valence-corrected chi connectivity index (χ4v) is 3.26. The number of aromatic hydroxyl groups is 2. The fourth-order valence-electron chi connectivity index (χ4n) is 3.26. The molecule has 3 aromatic carbocycles. The number of phenols is 2. The number of nitrogens with zero attached hydrogens (tertiary/aromatic N) is 2. The van der Waals surface area contributed by atoms with Gasteiger partial charge in [0.2, 0.25) is 0 Å². The molecule has 0 fully saturated rings. The van der Waals surface area contributed by atoms with Crippen LogP contribution in [-0.4, -0.2) is 22.0 Å². The number of phenolic OH excluding ortho intramolecular Hbond substituents is 2. The van der Waals surface area contributed by atoms with Crippen LogP contribution in [0.5, 0.6) is 11.5 Å². The van der Waals surface area contributed by atoms with Gasteiger partial charge in [-0.05, 0) is 58.7 Å². The van der Waals surface area contributed by atoms with Gasteiger partial charge in [-0.15, -0.1) is 0 Å². The highest BCUT2D eigenvalue weighted by Crippen LogP contribution is 2.15. The van der Waals surface area contributed by atoms with Crippen molar-refractivity contribution in [3.63, 3.8) is 0 Å². The summed E-state index contributed by atoms with van der Waals surface area (Å²) in [5, 5.41) is 43.1. The largest absolute Gasteiger partial charge is 0.508 e. The van der Waals surface area contributed by atoms with Crippen LogP contribution < -0.4 is 10.6 Å². The number of benzene rings is 3. The predicted octanol–water partition coefficient (Wildman–Crippen LogP) is 3.54. The molecule has 0 saturated heterocycles. The fraction of sp³-hybridized carbons (Fsp3) is 0.0714. The first-order valence-corrected chi connectivity index (χ1v) is 10.8. The Balaban J connectivity index is 1.60. The Labute approximate surface area is 208 Å². The second-order valence-electron chi connectivity index (χ2n) is 7.71. The molecule has 0 aliphatic carbocycles. The molecule has 0 spiro atoms. The molecule has 0 saturated carbocycles. The lowest BCUT2D eigenvalue weighted by Gasteiger charge is -2.08. The lowest BCUT2D eigenvalue weighted by Crippen LogP contribution is -2.25. The van der Waals surface area contributed by atoms with Crippen LogP contribution in [0.3, 0.4) is 0 Å². The third-order valence-corrected chi connectivity index (χ3v) is 4.99. The zero-order chi connectivity index (χ0) is 25.9. The Morgan fingerprint density at radius 1 is 0.694 bits per heavy atom. The summed E-state index contributed by atoms with van der Waals surface area (Å²) in [5.74, 6) is -1.06. The van der Waals surface area contributed by atoms with E-state index in [-0.39, 0.29) is 35.7 Å². The lowest BCUT2D eigenvalue weighted by atomic mass is 10.1. The summed E-state index contributed by atoms with van der Waals surface area (Å²) in [6.45, 7) is 0.307. The smallest absolute Gasteiger partial charge is 0.262 e. The highest BCUT2D eigenvalue weighted by molar-refractivity contribution is 6.02. The van der Waals surface area contributed by atoms with E-state index in [2.05, 4.69) is 10.6 Å². The van der Waals surface area contributed by atoms with Gasteiger partial charge in [0.1, 0.15) is 34.8 Å². The summed E-state index contributed by atoms with van der Waals surface area (Å²) in [6, 6.07) is 23.3. The molecule has 0 atom stereocenters. The minimum absolute atomic E-state index is 0.0297. The average Bonchev–Trinajstić information content (AvgIpc) is 2.88. The number of hydrogen-bond donors (Lipinski definition) is 4. The Bertz CT molecular complexity index is 1320. The quantitative estimate of drug-likeness (QED) is 0.288. The molecule has 4 N–H and O–H groups in total. The van der Waals surface area contributed by atoms with Crippen molar-refractivity contribution in [2.75, 3.05) is 0 Å². The first-order valence-electron chi connectivity index (χ1n) is 10.8. The number of carbonyl (C=O) groups is 2. The maximum absolute atomic E-state index is 12.4. The van der Waals surface area contributed by atoms with Crippen molar-refractivity contribution in [3.05, 3.63) is 106 Å². The Hall–Kier alpha value is -5.34. The van der Waals surface area contributed by atoms with E-state index in [1.54, 1.807) is 48.5 Å². The van der Waals surface area contributed by atoms with Crippen molar-refractivity contribution in [2.24, 2.45) is 0 Å². The molecule has 8 nitrogen and oxygen atoms in total. The minimum Gasteiger partial charge on any atom is -0.508 e. The van der Waals surface area contributed by atoms with Crippen LogP contribution in [0.15, 0.2) is 83.9 Å². The number of nitriles is 2. The second kappa shape index (κ2) is 12.2. The van der Waals surface area contributed by atoms with E-state index in [4.69, 9.17) is 0 Å². The molecule has 36 heavy (non-hydrogen) atoms. The summed E-state index contributed by atoms with van der Waals surface area (Å²) in [6.07, 6.45) is 2.77. The van der Waals surface area contributed by atoms with Gasteiger partial charge in [0.25, 0.3) is 11.8 Å². The zero-order valence-electron chi connectivity index (χ0n) is 19.1. The SMILES string of the molecule is N#C/C(=C/c1cccc(O)c1)C(=O)NCc1cccc(CNC(=O)/C(C#N)=C\c2cccc(O)c2)c1. The molecule has 2 amide bonds. The van der Waals surface area contributed by atoms with Crippen LogP contribution in [0.2, 0.25) is 0 Å². The van der Waals surface area contributed by atoms with E-state index in [9.17, 15) is 30.3 Å². The predicted molar refractivity (Wildman–Crippen MR) is 134 cm³/mol. The summed E-state index contributed by atoms with van der Waals surface area (Å²) >= 11 is 0. The first-order chi connectivity index (χ1) is 17.4. The van der Waals surface area contributed by atoms with Gasteiger partial charge < -0.3 is 20.8 Å². The van der Waals surface area contributed by atoms with Crippen LogP contribution in [0, 0.1) is 22.7 Å². The Morgan fingerprint density at radius 2 is 1.11 bits per heavy atom. The van der Waals surface area contributed by atoms with Crippen LogP contribution in [0.4, 0.5) is 0 Å². The number of nitrogens with one attached hydrogen (secondary N) is 2. The third kappa shape index (κ3) is 7.34. The van der Waals surface area contributed by atoms with Gasteiger partial charge in [0.05, 0.1) is 0 Å². The molecular formula is C28H22N4O4. The van der Waals surface area contributed by atoms with Gasteiger partial charge in [-0.25, -0.2) is 0 Å². The van der Waals surface area contributed by atoms with Crippen LogP contribution >= 0.6 is 0 Å². The van der Waals surface area contributed by atoms with Gasteiger partial charge in [-0.1, -0.05) is 48.5 Å². The van der Waals surface area contributed by atoms with E-state index < -0.39 is 11.8 Å². The topological polar surface area (TPSA) is 146 Å². The number of carbonyl (C=O) groups excluding carboxylic acids is 2. The second-order valence-corrected chi connectivity index (χ2v) is 7.71. The van der Waals surface area contributed by atoms with Crippen LogP contribution in [0.1, 0.15) is 22.3 Å². The average molecular weight is 479 g/mol. The molecule has 8 heteroatoms. The minimum atomic E-state index is -0.560. The first kappa shape index (κ1) is 25.3. The third-order valence-electron chi connectivity index (χ3n) is 4.99. The molecule has 0 aliphatic heterocycles. The summed E-state index contributed by atoms with van der Waals surface area (Å²) in [7, 11) is 0. The van der Waals surface area contributed by atoms with Gasteiger partial charge in [-0.3, -0.25) is 9.59 Å². The van der Waals surface area contributed by atoms with Gasteiger partial charge in [-0.2, -0.15) is 10.5 Å². The maximum atomic E-state index is 12.4. The van der Waals surface area contributed by atoms with E-state index in [0.717, 1.165) is 11.1 Å². The molecular weight excluding hydrogens is 456 g/mol. The van der Waals surface area contributed by atoms with Crippen molar-refractivity contribution in [1.82, 2.24) is 10.6 Å². The molecule has 3 aromatic rings. The Kier molecular flexibility index (Phi) is 8.58. The normalized spacial score (nSPS) is 11.2. The van der Waals surface area contributed by atoms with Crippen molar-refractivity contribution in [2.45, 2.75) is 13.1 Å². The summed E-state index contributed by atoms with van der Waals surface area (Å²) in [5.41, 5.74) is 2.34. The van der Waals surface area contributed by atoms with Crippen LogP contribution in [-0.2, 0) is 22.7 Å². The number of amides is 2. The standard InChI is InChI=1S/C28H22N4O4/c29-15-23(11-19-4-2-8-25(33)13-19)27(35)31-17-21-6-1-7-22(10-21)18-32-28(36)24(16-30)12-20-5-3-9-26(34)14-20/h1-14,33-34H,17-18H2,(H,31,35)(H,32,36)/b23-11-,24-12-. The van der Waals surface area contributed by atoms with E-state index >= 15 is 0 Å². The summed E-state index contributed by atoms with van der Waals surface area (Å²) in [4.78, 5) is 24.9. The van der Waals surface area contributed by atoms with Gasteiger partial charge in [0, 0.05) is 13.1 Å². The van der Waals surface area contributed by atoms with Gasteiger partial charge >= 0.3 is 0 Å². The number of hydrogen-bond acceptors (Lipinski definition) is 6. The van der Waals surface area contributed by atoms with E-state index in [1.165, 1.54) is 36.4 Å². The summed E-state index contributed by atoms with van der Waals surface area (Å²) < 4.78 is 0. The van der Waals surface area contributed by atoms with Crippen molar-refractivity contribution in [1.29, 1.82) is 10.5 Å². The number of rotatable bonds is 8. The van der Waals surface area contributed by atoms with Crippen LogP contribution in [0.25, 0.3) is 12.2 Å². The van der Waals surface area contributed by atoms with E-state index in [1.807, 2.05) is 12.1 Å². The zero-order valence-corrected chi connectivity index (χ0v) is 19.1. The Morgan fingerprint density at radius 3 is 1.50 bits per heavy atom. The molecule has 0 unspecified atom stereocenters. The highest BCUT2D eigenvalue weighted by Gasteiger charge is 2.11. The molecule has 0 heterocycles. The van der Waals surface area contributed by atoms with E-state index in [0.29, 0.717) is 11.1 Å². The molecule has 0 aliphatic rings. The molecule has 3 rings (SSSR count). The van der Waals surface area contributed by atoms with Crippen molar-refractivity contribution in [3.8, 4) is 23.6 Å². The lowest BCUT2D eigenvalue weighted by molar-refractivity contribution is -0.118. The van der Waals surface area contributed by atoms with Crippen molar-refractivity contribution < 1.29 is 19.8 Å². The van der Waals surface area contributed by atoms with Gasteiger partial charge in [0.15, 0.2) is 0 Å². The van der Waals surface area contributed by atoms with Crippen molar-refractivity contribution >= 4 is 24.0 Å². The maximum Gasteiger partial charge on any atom is 0.262 e. The highest BCUT2D eigenvalue weighted by atomic mass is 16.3.